The number of benzene rings is 5. The first kappa shape index (κ1) is 40.6. The Morgan fingerprint density at radius 1 is 0.544 bits per heavy atom. The number of pyridine rings is 1. The van der Waals surface area contributed by atoms with Crippen molar-refractivity contribution in [1.29, 1.82) is 0 Å². The van der Waals surface area contributed by atoms with Gasteiger partial charge < -0.3 is 20.4 Å². The van der Waals surface area contributed by atoms with Crippen LogP contribution in [0, 0.1) is 0 Å². The van der Waals surface area contributed by atoms with Crippen LogP contribution in [0.5, 0.6) is 23.0 Å². The van der Waals surface area contributed by atoms with Gasteiger partial charge in [0.2, 0.25) is 5.52 Å². The molecule has 0 amide bonds. The summed E-state index contributed by atoms with van der Waals surface area (Å²) in [6, 6.07) is 22.4. The lowest BCUT2D eigenvalue weighted by Crippen LogP contribution is -2.28. The maximum absolute atomic E-state index is 12.5. The number of phenols is 4. The van der Waals surface area contributed by atoms with E-state index in [1.54, 1.807) is 30.3 Å². The van der Waals surface area contributed by atoms with Gasteiger partial charge in [-0.2, -0.15) is 16.8 Å². The van der Waals surface area contributed by atoms with Gasteiger partial charge in [-0.05, 0) is 75.8 Å². The average Bonchev–Trinajstić information content (AvgIpc) is 3.13. The first-order valence-electron chi connectivity index (χ1n) is 16.9. The van der Waals surface area contributed by atoms with Crippen molar-refractivity contribution in [1.82, 2.24) is 0 Å². The monoisotopic (exact) mass is 832 g/mol. The molecule has 8 bridgehead atoms. The van der Waals surface area contributed by atoms with Gasteiger partial charge >= 0.3 is 10.6 Å². The number of rotatable bonds is 4. The lowest BCUT2D eigenvalue weighted by molar-refractivity contribution is -0.644. The highest BCUT2D eigenvalue weighted by Gasteiger charge is 2.24. The van der Waals surface area contributed by atoms with Crippen LogP contribution in [0.25, 0.3) is 23.1 Å². The quantitative estimate of drug-likeness (QED) is 0.103. The molecule has 0 spiro atoms. The zero-order valence-corrected chi connectivity index (χ0v) is 32.3. The van der Waals surface area contributed by atoms with E-state index in [-0.39, 0.29) is 53.0 Å². The molecule has 57 heavy (non-hydrogen) atoms. The molecule has 0 fully saturated rings. The Bertz CT molecular complexity index is 2980. The van der Waals surface area contributed by atoms with E-state index >= 15 is 0 Å². The normalized spacial score (nSPS) is 12.9. The third-order valence-corrected chi connectivity index (χ3v) is 11.3. The van der Waals surface area contributed by atoms with Gasteiger partial charge in [-0.1, -0.05) is 42.5 Å². The molecule has 7 rings (SSSR count). The SMILES string of the molecule is C[n+]1ccc(/C=C/c2cc3c(O)c(c2)Cc2cc(S(=O)(=O)O)cc(c2O)Cc2cc(S(=O)(=O)O)cc(c2O)Cc2cccc(c2O)C3)c2ccccc21.O=S(=O)=O. The molecule has 1 heterocycles. The fourth-order valence-electron chi connectivity index (χ4n) is 6.92. The Morgan fingerprint density at radius 3 is 1.37 bits per heavy atom. The lowest BCUT2D eigenvalue weighted by atomic mass is 9.90. The Labute approximate surface area is 328 Å². The molecule has 0 saturated carbocycles. The molecule has 17 heteroatoms. The van der Waals surface area contributed by atoms with Crippen molar-refractivity contribution in [2.75, 3.05) is 0 Å². The van der Waals surface area contributed by atoms with Crippen LogP contribution in [0.15, 0.2) is 101 Å². The number of para-hydroxylation sites is 2. The van der Waals surface area contributed by atoms with E-state index in [4.69, 9.17) is 12.6 Å². The van der Waals surface area contributed by atoms with Crippen molar-refractivity contribution in [2.45, 2.75) is 35.5 Å². The Balaban J connectivity index is 0.00000131. The molecular formula is C40H34NO13S3+. The molecule has 6 N–H and O–H groups in total. The number of hydrogen-bond acceptors (Lipinski definition) is 11. The predicted octanol–water partition coefficient (Wildman–Crippen LogP) is 4.82. The highest BCUT2D eigenvalue weighted by molar-refractivity contribution is 7.86. The van der Waals surface area contributed by atoms with E-state index in [0.717, 1.165) is 40.7 Å². The summed E-state index contributed by atoms with van der Waals surface area (Å²) in [5, 5.41) is 47.1. The molecule has 0 radical (unpaired) electrons. The molecule has 0 unspecified atom stereocenters. The number of phenolic OH excluding ortho intramolecular Hbond substituents is 4. The molecule has 0 atom stereocenters. The number of nitrogens with zero attached hydrogens (tertiary/aromatic N) is 1. The average molecular weight is 833 g/mol. The third-order valence-electron chi connectivity index (χ3n) is 9.62. The van der Waals surface area contributed by atoms with Crippen LogP contribution >= 0.6 is 0 Å². The molecule has 1 aliphatic carbocycles. The zero-order valence-electron chi connectivity index (χ0n) is 29.9. The highest BCUT2D eigenvalue weighted by Crippen LogP contribution is 2.40. The molecule has 5 aromatic carbocycles. The van der Waals surface area contributed by atoms with Crippen molar-refractivity contribution in [2.24, 2.45) is 7.05 Å². The van der Waals surface area contributed by atoms with Crippen LogP contribution in [0.1, 0.15) is 55.6 Å². The van der Waals surface area contributed by atoms with Gasteiger partial charge in [-0.3, -0.25) is 9.11 Å². The Hall–Kier alpha value is -6.11. The third kappa shape index (κ3) is 8.98. The van der Waals surface area contributed by atoms with Crippen molar-refractivity contribution in [3.63, 3.8) is 0 Å². The summed E-state index contributed by atoms with van der Waals surface area (Å²) in [5.74, 6) is -1.14. The van der Waals surface area contributed by atoms with Crippen molar-refractivity contribution < 1.29 is 63.6 Å². The largest absolute Gasteiger partial charge is 0.507 e. The van der Waals surface area contributed by atoms with Gasteiger partial charge in [0.15, 0.2) is 6.20 Å². The molecule has 0 saturated heterocycles. The number of aromatic hydroxyl groups is 4. The fourth-order valence-corrected chi connectivity index (χ4v) is 8.08. The van der Waals surface area contributed by atoms with Gasteiger partial charge in [0.05, 0.1) is 15.2 Å². The maximum atomic E-state index is 12.5. The van der Waals surface area contributed by atoms with Crippen LogP contribution in [-0.4, -0.2) is 59.0 Å². The van der Waals surface area contributed by atoms with E-state index in [9.17, 15) is 46.4 Å². The predicted molar refractivity (Wildman–Crippen MR) is 207 cm³/mol. The van der Waals surface area contributed by atoms with Crippen LogP contribution in [0.2, 0.25) is 0 Å². The number of aryl methyl sites for hydroxylation is 1. The zero-order chi connectivity index (χ0) is 41.4. The Morgan fingerprint density at radius 2 is 0.930 bits per heavy atom. The van der Waals surface area contributed by atoms with E-state index in [1.165, 1.54) is 0 Å². The molecule has 1 aliphatic rings. The molecule has 1 aromatic heterocycles. The standard InChI is InChI=1S/C40H33NO10S2.O3S/c1-41-12-11-24(35-7-2-3-8-36(35)41)10-9-23-13-27-15-25-5-4-6-26(37(25)42)16-29-19-33(52(46,47)48)21-31(39(29)44)18-32-22-34(53(49,50)51)20-30(40(32)45)17-28(14-23)38(27)43;1-4(2)3/h2-14,19-22H,15-18H2,1H3,(H5,42,44,45,46,47,48,49,50,51);/p+1. The summed E-state index contributed by atoms with van der Waals surface area (Å²) in [5.41, 5.74) is 3.84. The summed E-state index contributed by atoms with van der Waals surface area (Å²) in [4.78, 5) is -1.15. The summed E-state index contributed by atoms with van der Waals surface area (Å²) < 4.78 is 96.9. The molecule has 0 aliphatic heterocycles. The topological polar surface area (TPSA) is 245 Å². The van der Waals surface area contributed by atoms with E-state index in [2.05, 4.69) is 0 Å². The minimum Gasteiger partial charge on any atom is -0.507 e. The van der Waals surface area contributed by atoms with Gasteiger partial charge in [0.1, 0.15) is 30.0 Å². The fraction of sp³-hybridized carbons (Fsp3) is 0.125. The van der Waals surface area contributed by atoms with E-state index in [1.807, 2.05) is 60.3 Å². The smallest absolute Gasteiger partial charge is 0.425 e. The van der Waals surface area contributed by atoms with Gasteiger partial charge in [0.25, 0.3) is 20.2 Å². The second kappa shape index (κ2) is 15.8. The Kier molecular flexibility index (Phi) is 11.2. The first-order valence-corrected chi connectivity index (χ1v) is 20.8. The highest BCUT2D eigenvalue weighted by atomic mass is 32.2. The first-order chi connectivity index (χ1) is 26.8. The van der Waals surface area contributed by atoms with Crippen molar-refractivity contribution >= 4 is 53.9 Å². The van der Waals surface area contributed by atoms with E-state index in [0.29, 0.717) is 27.8 Å². The maximum Gasteiger partial charge on any atom is 0.425 e. The summed E-state index contributed by atoms with van der Waals surface area (Å²) in [6.45, 7) is 0. The van der Waals surface area contributed by atoms with Gasteiger partial charge in [-0.25, -0.2) is 4.57 Å². The van der Waals surface area contributed by atoms with Crippen molar-refractivity contribution in [3.8, 4) is 23.0 Å². The second-order valence-electron chi connectivity index (χ2n) is 13.4. The number of hydrogen-bond donors (Lipinski definition) is 6. The van der Waals surface area contributed by atoms with Crippen LogP contribution in [-0.2, 0) is 63.6 Å². The molecule has 14 nitrogen and oxygen atoms in total. The lowest BCUT2D eigenvalue weighted by Gasteiger charge is -2.18. The summed E-state index contributed by atoms with van der Waals surface area (Å²) >= 11 is 0. The van der Waals surface area contributed by atoms with E-state index < -0.39 is 58.6 Å². The molecule has 294 valence electrons. The molecule has 6 aromatic rings. The summed E-state index contributed by atoms with van der Waals surface area (Å²) in [6.07, 6.45) is 4.93. The van der Waals surface area contributed by atoms with Crippen LogP contribution in [0.3, 0.4) is 0 Å². The minimum absolute atomic E-state index is 0.00152. The van der Waals surface area contributed by atoms with Gasteiger partial charge in [-0.15, -0.1) is 12.6 Å². The second-order valence-corrected chi connectivity index (χ2v) is 16.6. The molecular weight excluding hydrogens is 799 g/mol. The number of fused-ring (bicyclic) bond motifs is 9. The van der Waals surface area contributed by atoms with Crippen molar-refractivity contribution in [3.05, 3.63) is 147 Å². The summed E-state index contributed by atoms with van der Waals surface area (Å²) in [7, 11) is -10.8. The van der Waals surface area contributed by atoms with Crippen LogP contribution in [0.4, 0.5) is 0 Å². The minimum atomic E-state index is -4.84. The van der Waals surface area contributed by atoms with Crippen LogP contribution < -0.4 is 4.57 Å². The van der Waals surface area contributed by atoms with Gasteiger partial charge in [0, 0.05) is 60.1 Å². The number of aromatic nitrogens is 1.